The zero-order chi connectivity index (χ0) is 20.9. The Morgan fingerprint density at radius 3 is 2.21 bits per heavy atom. The van der Waals surface area contributed by atoms with Crippen LogP contribution in [0.5, 0.6) is 0 Å². The second-order valence-electron chi connectivity index (χ2n) is 7.33. The summed E-state index contributed by atoms with van der Waals surface area (Å²) in [5.41, 5.74) is 0.367. The minimum absolute atomic E-state index is 0.0436. The molecule has 28 heavy (non-hydrogen) atoms. The molecule has 0 aliphatic rings. The van der Waals surface area contributed by atoms with E-state index in [1.165, 1.54) is 12.1 Å². The van der Waals surface area contributed by atoms with Crippen molar-refractivity contribution >= 4 is 27.5 Å². The molecule has 7 heteroatoms. The van der Waals surface area contributed by atoms with Gasteiger partial charge in [0.15, 0.2) is 5.78 Å². The lowest BCUT2D eigenvalue weighted by molar-refractivity contribution is -0.146. The number of carboxylic acids is 1. The summed E-state index contributed by atoms with van der Waals surface area (Å²) in [7, 11) is -3.88. The Balaban J connectivity index is 2.25. The number of sulfonamides is 1. The van der Waals surface area contributed by atoms with Crippen LogP contribution in [-0.2, 0) is 21.2 Å². The van der Waals surface area contributed by atoms with Crippen molar-refractivity contribution < 1.29 is 23.1 Å². The Morgan fingerprint density at radius 1 is 1.04 bits per heavy atom. The number of hydrogen-bond acceptors (Lipinski definition) is 4. The Labute approximate surface area is 165 Å². The van der Waals surface area contributed by atoms with Crippen molar-refractivity contribution in [2.75, 3.05) is 4.72 Å². The van der Waals surface area contributed by atoms with Crippen LogP contribution in [0.1, 0.15) is 49.5 Å². The highest BCUT2D eigenvalue weighted by molar-refractivity contribution is 7.92. The van der Waals surface area contributed by atoms with Crippen LogP contribution in [-0.4, -0.2) is 25.3 Å². The van der Waals surface area contributed by atoms with E-state index >= 15 is 0 Å². The average molecular weight is 404 g/mol. The van der Waals surface area contributed by atoms with Crippen molar-refractivity contribution in [1.29, 1.82) is 0 Å². The second-order valence-corrected chi connectivity index (χ2v) is 9.02. The van der Waals surface area contributed by atoms with E-state index in [2.05, 4.69) is 4.72 Å². The molecule has 0 aliphatic heterocycles. The van der Waals surface area contributed by atoms with Gasteiger partial charge in [0.25, 0.3) is 10.0 Å². The molecule has 0 fully saturated rings. The molecule has 0 saturated carbocycles. The quantitative estimate of drug-likeness (QED) is 0.613. The third-order valence-corrected chi connectivity index (χ3v) is 5.79. The molecule has 0 aliphatic carbocycles. The van der Waals surface area contributed by atoms with Gasteiger partial charge in [0, 0.05) is 12.0 Å². The molecular weight excluding hydrogens is 378 g/mol. The molecule has 0 heterocycles. The lowest BCUT2D eigenvalue weighted by atomic mass is 9.86. The van der Waals surface area contributed by atoms with Gasteiger partial charge in [-0.2, -0.15) is 0 Å². The van der Waals surface area contributed by atoms with E-state index in [1.807, 2.05) is 6.92 Å². The highest BCUT2D eigenvalue weighted by Crippen LogP contribution is 2.25. The third kappa shape index (κ3) is 5.19. The lowest BCUT2D eigenvalue weighted by Gasteiger charge is -2.19. The number of aliphatic carboxylic acids is 1. The number of carbonyl (C=O) groups is 2. The number of rotatable bonds is 9. The number of Topliss-reactive ketones (excluding diaryl/α,β-unsaturated/α-hetero) is 1. The summed E-state index contributed by atoms with van der Waals surface area (Å²) < 4.78 is 27.9. The summed E-state index contributed by atoms with van der Waals surface area (Å²) in [4.78, 5) is 23.5. The summed E-state index contributed by atoms with van der Waals surface area (Å²) in [6.07, 6.45) is 1.30. The molecule has 0 saturated heterocycles. The van der Waals surface area contributed by atoms with E-state index in [1.54, 1.807) is 50.2 Å². The fourth-order valence-electron chi connectivity index (χ4n) is 2.75. The maximum Gasteiger partial charge on any atom is 0.309 e. The standard InChI is InChI=1S/C21H25NO5S/c1-4-7-19(23)17-8-5-6-9-18(17)22-28(26,27)16-12-10-15(11-13-16)14-21(2,3)20(24)25/h5-6,8-13,22H,4,7,14H2,1-3H3,(H,24,25). The third-order valence-electron chi connectivity index (χ3n) is 4.41. The summed E-state index contributed by atoms with van der Waals surface area (Å²) >= 11 is 0. The summed E-state index contributed by atoms with van der Waals surface area (Å²) in [5, 5.41) is 9.23. The zero-order valence-corrected chi connectivity index (χ0v) is 17.0. The fraction of sp³-hybridized carbons (Fsp3) is 0.333. The van der Waals surface area contributed by atoms with Gasteiger partial charge in [0.1, 0.15) is 0 Å². The largest absolute Gasteiger partial charge is 0.481 e. The summed E-state index contributed by atoms with van der Waals surface area (Å²) in [6.45, 7) is 5.12. The van der Waals surface area contributed by atoms with Gasteiger partial charge in [-0.1, -0.05) is 31.2 Å². The van der Waals surface area contributed by atoms with Crippen LogP contribution in [0.2, 0.25) is 0 Å². The minimum Gasteiger partial charge on any atom is -0.481 e. The van der Waals surface area contributed by atoms with Crippen molar-refractivity contribution in [2.45, 2.75) is 44.9 Å². The molecule has 0 spiro atoms. The minimum atomic E-state index is -3.88. The molecule has 0 amide bonds. The number of nitrogens with one attached hydrogen (secondary N) is 1. The van der Waals surface area contributed by atoms with Gasteiger partial charge in [-0.25, -0.2) is 8.42 Å². The van der Waals surface area contributed by atoms with E-state index in [-0.39, 0.29) is 22.8 Å². The van der Waals surface area contributed by atoms with E-state index in [9.17, 15) is 23.1 Å². The molecule has 2 rings (SSSR count). The van der Waals surface area contributed by atoms with Gasteiger partial charge in [0.05, 0.1) is 16.0 Å². The van der Waals surface area contributed by atoms with Crippen molar-refractivity contribution in [3.63, 3.8) is 0 Å². The van der Waals surface area contributed by atoms with E-state index < -0.39 is 21.4 Å². The first-order valence-corrected chi connectivity index (χ1v) is 10.5. The number of carboxylic acid groups (broad SMARTS) is 1. The number of carbonyl (C=O) groups excluding carboxylic acids is 1. The van der Waals surface area contributed by atoms with Crippen LogP contribution in [0.4, 0.5) is 5.69 Å². The number of anilines is 1. The van der Waals surface area contributed by atoms with Crippen LogP contribution < -0.4 is 4.72 Å². The topological polar surface area (TPSA) is 101 Å². The first kappa shape index (κ1) is 21.6. The number of para-hydroxylation sites is 1. The molecule has 0 unspecified atom stereocenters. The molecule has 150 valence electrons. The summed E-state index contributed by atoms with van der Waals surface area (Å²) in [5.74, 6) is -1.04. The van der Waals surface area contributed by atoms with Gasteiger partial charge in [0.2, 0.25) is 0 Å². The van der Waals surface area contributed by atoms with Crippen LogP contribution in [0.25, 0.3) is 0 Å². The number of hydrogen-bond donors (Lipinski definition) is 2. The van der Waals surface area contributed by atoms with Gasteiger partial charge in [-0.3, -0.25) is 14.3 Å². The van der Waals surface area contributed by atoms with Crippen molar-refractivity contribution in [1.82, 2.24) is 0 Å². The first-order chi connectivity index (χ1) is 13.1. The van der Waals surface area contributed by atoms with Gasteiger partial charge < -0.3 is 5.11 Å². The van der Waals surface area contributed by atoms with E-state index in [0.29, 0.717) is 18.4 Å². The first-order valence-electron chi connectivity index (χ1n) is 9.04. The van der Waals surface area contributed by atoms with Gasteiger partial charge in [-0.15, -0.1) is 0 Å². The lowest BCUT2D eigenvalue weighted by Crippen LogP contribution is -2.26. The maximum atomic E-state index is 12.7. The number of ketones is 1. The molecule has 2 N–H and O–H groups in total. The Kier molecular flexibility index (Phi) is 6.61. The molecule has 2 aromatic carbocycles. The van der Waals surface area contributed by atoms with Crippen LogP contribution >= 0.6 is 0 Å². The SMILES string of the molecule is CCCC(=O)c1ccccc1NS(=O)(=O)c1ccc(CC(C)(C)C(=O)O)cc1. The zero-order valence-electron chi connectivity index (χ0n) is 16.2. The van der Waals surface area contributed by atoms with Crippen molar-refractivity contribution in [3.8, 4) is 0 Å². The predicted molar refractivity (Wildman–Crippen MR) is 108 cm³/mol. The van der Waals surface area contributed by atoms with E-state index in [4.69, 9.17) is 0 Å². The normalized spacial score (nSPS) is 11.8. The number of benzene rings is 2. The molecule has 0 bridgehead atoms. The maximum absolute atomic E-state index is 12.7. The van der Waals surface area contributed by atoms with Crippen molar-refractivity contribution in [2.24, 2.45) is 5.41 Å². The average Bonchev–Trinajstić information content (AvgIpc) is 2.62. The molecule has 6 nitrogen and oxygen atoms in total. The van der Waals surface area contributed by atoms with Crippen LogP contribution in [0, 0.1) is 5.41 Å². The monoisotopic (exact) mass is 403 g/mol. The second kappa shape index (κ2) is 8.56. The predicted octanol–water partition coefficient (Wildman–Crippen LogP) is 4.12. The Hall–Kier alpha value is -2.67. The highest BCUT2D eigenvalue weighted by atomic mass is 32.2. The van der Waals surface area contributed by atoms with E-state index in [0.717, 1.165) is 5.56 Å². The fourth-order valence-corrected chi connectivity index (χ4v) is 3.83. The highest BCUT2D eigenvalue weighted by Gasteiger charge is 2.27. The smallest absolute Gasteiger partial charge is 0.309 e. The van der Waals surface area contributed by atoms with Crippen LogP contribution in [0.3, 0.4) is 0 Å². The van der Waals surface area contributed by atoms with Gasteiger partial charge >= 0.3 is 5.97 Å². The van der Waals surface area contributed by atoms with Crippen LogP contribution in [0.15, 0.2) is 53.4 Å². The molecule has 0 atom stereocenters. The summed E-state index contributed by atoms with van der Waals surface area (Å²) in [6, 6.07) is 12.6. The molecule has 0 aromatic heterocycles. The van der Waals surface area contributed by atoms with Gasteiger partial charge in [-0.05, 0) is 56.5 Å². The Bertz CT molecular complexity index is 963. The Morgan fingerprint density at radius 2 is 1.64 bits per heavy atom. The molecule has 2 aromatic rings. The van der Waals surface area contributed by atoms with Crippen molar-refractivity contribution in [3.05, 3.63) is 59.7 Å². The molecule has 0 radical (unpaired) electrons. The molecular formula is C21H25NO5S.